The zero-order valence-corrected chi connectivity index (χ0v) is 18.4. The van der Waals surface area contributed by atoms with Crippen molar-refractivity contribution in [1.82, 2.24) is 14.1 Å². The highest BCUT2D eigenvalue weighted by Gasteiger charge is 2.30. The van der Waals surface area contributed by atoms with Crippen molar-refractivity contribution in [2.45, 2.75) is 19.3 Å². The number of halogens is 3. The maximum atomic E-state index is 13.2. The minimum absolute atomic E-state index is 0.0209. The first-order chi connectivity index (χ1) is 16.7. The largest absolute Gasteiger partial charge is 0.497 e. The van der Waals surface area contributed by atoms with E-state index in [2.05, 4.69) is 10.3 Å². The molecule has 4 aromatic rings. The Labute approximate surface area is 196 Å². The van der Waals surface area contributed by atoms with Crippen LogP contribution in [0, 0.1) is 0 Å². The number of hydrogen-bond acceptors (Lipinski definition) is 5. The average Bonchev–Trinajstić information content (AvgIpc) is 2.84. The molecular weight excluding hydrogens is 465 g/mol. The molecule has 8 nitrogen and oxygen atoms in total. The van der Waals surface area contributed by atoms with Gasteiger partial charge >= 0.3 is 11.9 Å². The third-order valence-corrected chi connectivity index (χ3v) is 5.26. The minimum atomic E-state index is -4.57. The van der Waals surface area contributed by atoms with Crippen molar-refractivity contribution in [2.24, 2.45) is 0 Å². The van der Waals surface area contributed by atoms with Crippen LogP contribution in [0.4, 0.5) is 18.9 Å². The number of benzene rings is 2. The summed E-state index contributed by atoms with van der Waals surface area (Å²) in [4.78, 5) is 43.0. The van der Waals surface area contributed by atoms with Crippen molar-refractivity contribution in [2.75, 3.05) is 12.4 Å². The van der Waals surface area contributed by atoms with Gasteiger partial charge in [0.15, 0.2) is 5.52 Å². The highest BCUT2D eigenvalue weighted by Crippen LogP contribution is 2.30. The first-order valence-electron chi connectivity index (χ1n) is 10.4. The van der Waals surface area contributed by atoms with Crippen molar-refractivity contribution in [3.8, 4) is 5.75 Å². The maximum Gasteiger partial charge on any atom is 0.416 e. The second kappa shape index (κ2) is 9.45. The average molecular weight is 484 g/mol. The van der Waals surface area contributed by atoms with E-state index in [0.717, 1.165) is 21.3 Å². The molecule has 0 aliphatic rings. The molecule has 0 radical (unpaired) electrons. The van der Waals surface area contributed by atoms with Gasteiger partial charge in [-0.05, 0) is 48.0 Å². The van der Waals surface area contributed by atoms with Crippen LogP contribution in [-0.4, -0.2) is 27.1 Å². The number of alkyl halides is 3. The van der Waals surface area contributed by atoms with E-state index in [9.17, 15) is 27.6 Å². The van der Waals surface area contributed by atoms with Crippen LogP contribution >= 0.6 is 0 Å². The van der Waals surface area contributed by atoms with Gasteiger partial charge in [0.25, 0.3) is 5.56 Å². The predicted octanol–water partition coefficient (Wildman–Crippen LogP) is 3.27. The summed E-state index contributed by atoms with van der Waals surface area (Å²) < 4.78 is 46.1. The minimum Gasteiger partial charge on any atom is -0.497 e. The zero-order chi connectivity index (χ0) is 25.2. The van der Waals surface area contributed by atoms with Gasteiger partial charge in [-0.15, -0.1) is 0 Å². The quantitative estimate of drug-likeness (QED) is 0.453. The van der Waals surface area contributed by atoms with Crippen molar-refractivity contribution >= 4 is 22.6 Å². The molecule has 0 saturated carbocycles. The molecule has 1 N–H and O–H groups in total. The Morgan fingerprint density at radius 3 is 2.46 bits per heavy atom. The normalized spacial score (nSPS) is 11.4. The van der Waals surface area contributed by atoms with Gasteiger partial charge in [0.2, 0.25) is 5.91 Å². The lowest BCUT2D eigenvalue weighted by Crippen LogP contribution is -2.42. The number of pyridine rings is 1. The molecule has 2 aromatic carbocycles. The van der Waals surface area contributed by atoms with Gasteiger partial charge in [-0.2, -0.15) is 13.2 Å². The number of rotatable bonds is 6. The second-order valence-corrected chi connectivity index (χ2v) is 7.61. The van der Waals surface area contributed by atoms with Crippen LogP contribution in [0.1, 0.15) is 11.1 Å². The number of amides is 1. The van der Waals surface area contributed by atoms with Crippen LogP contribution < -0.4 is 21.3 Å². The molecule has 0 fully saturated rings. The number of anilines is 1. The van der Waals surface area contributed by atoms with E-state index in [1.807, 2.05) is 0 Å². The summed E-state index contributed by atoms with van der Waals surface area (Å²) in [5.41, 5.74) is -1.64. The number of carbonyl (C=O) groups excluding carboxylic acids is 1. The van der Waals surface area contributed by atoms with Gasteiger partial charge in [0.05, 0.1) is 24.7 Å². The zero-order valence-electron chi connectivity index (χ0n) is 18.4. The molecule has 0 bridgehead atoms. The first kappa shape index (κ1) is 23.7. The third-order valence-electron chi connectivity index (χ3n) is 5.26. The molecule has 0 unspecified atom stereocenters. The monoisotopic (exact) mass is 484 g/mol. The molecule has 1 amide bonds. The SMILES string of the molecule is COc1ccc(Cn2c(=O)c3ncccc3n(CC(=O)Nc3cccc(C(F)(F)F)c3)c2=O)cc1. The van der Waals surface area contributed by atoms with E-state index in [0.29, 0.717) is 11.3 Å². The Kier molecular flexibility index (Phi) is 6.41. The topological polar surface area (TPSA) is 95.2 Å². The van der Waals surface area contributed by atoms with Gasteiger partial charge in [0, 0.05) is 11.9 Å². The lowest BCUT2D eigenvalue weighted by atomic mass is 10.2. The van der Waals surface area contributed by atoms with Crippen LogP contribution in [0.25, 0.3) is 11.0 Å². The molecule has 0 spiro atoms. The van der Waals surface area contributed by atoms with E-state index in [-0.39, 0.29) is 23.3 Å². The lowest BCUT2D eigenvalue weighted by Gasteiger charge is -2.14. The van der Waals surface area contributed by atoms with E-state index in [1.165, 1.54) is 37.6 Å². The van der Waals surface area contributed by atoms with E-state index in [4.69, 9.17) is 4.74 Å². The van der Waals surface area contributed by atoms with Gasteiger partial charge in [0.1, 0.15) is 12.3 Å². The Balaban J connectivity index is 1.69. The van der Waals surface area contributed by atoms with Crippen LogP contribution in [0.5, 0.6) is 5.75 Å². The number of hydrogen-bond donors (Lipinski definition) is 1. The molecule has 11 heteroatoms. The molecule has 2 heterocycles. The molecule has 35 heavy (non-hydrogen) atoms. The Hall–Kier alpha value is -4.41. The van der Waals surface area contributed by atoms with Gasteiger partial charge in [-0.25, -0.2) is 9.78 Å². The van der Waals surface area contributed by atoms with Crippen molar-refractivity contribution < 1.29 is 22.7 Å². The summed E-state index contributed by atoms with van der Waals surface area (Å²) in [6, 6.07) is 13.9. The summed E-state index contributed by atoms with van der Waals surface area (Å²) in [5.74, 6) is -0.142. The molecule has 0 saturated heterocycles. The highest BCUT2D eigenvalue weighted by molar-refractivity contribution is 5.91. The Bertz CT molecular complexity index is 1510. The van der Waals surface area contributed by atoms with Crippen LogP contribution in [0.3, 0.4) is 0 Å². The summed E-state index contributed by atoms with van der Waals surface area (Å²) in [6.07, 6.45) is -3.19. The molecule has 0 atom stereocenters. The fraction of sp³-hybridized carbons (Fsp3) is 0.167. The highest BCUT2D eigenvalue weighted by atomic mass is 19.4. The third kappa shape index (κ3) is 5.08. The number of carbonyl (C=O) groups is 1. The van der Waals surface area contributed by atoms with Gasteiger partial charge in [-0.1, -0.05) is 18.2 Å². The van der Waals surface area contributed by atoms with Crippen molar-refractivity contribution in [3.05, 3.63) is 98.8 Å². The Morgan fingerprint density at radius 2 is 1.77 bits per heavy atom. The number of nitrogens with zero attached hydrogens (tertiary/aromatic N) is 3. The Morgan fingerprint density at radius 1 is 1.03 bits per heavy atom. The van der Waals surface area contributed by atoms with Crippen LogP contribution in [0.15, 0.2) is 76.4 Å². The van der Waals surface area contributed by atoms with Crippen LogP contribution in [-0.2, 0) is 24.1 Å². The number of methoxy groups -OCH3 is 1. The molecule has 0 aliphatic carbocycles. The van der Waals surface area contributed by atoms with E-state index in [1.54, 1.807) is 24.3 Å². The molecular formula is C24H19F3N4O4. The smallest absolute Gasteiger partial charge is 0.416 e. The summed E-state index contributed by atoms with van der Waals surface area (Å²) in [7, 11) is 1.51. The fourth-order valence-electron chi connectivity index (χ4n) is 3.57. The van der Waals surface area contributed by atoms with Crippen molar-refractivity contribution in [3.63, 3.8) is 0 Å². The predicted molar refractivity (Wildman–Crippen MR) is 122 cm³/mol. The number of nitrogens with one attached hydrogen (secondary N) is 1. The number of fused-ring (bicyclic) bond motifs is 1. The molecule has 0 aliphatic heterocycles. The van der Waals surface area contributed by atoms with Gasteiger partial charge < -0.3 is 10.1 Å². The molecule has 180 valence electrons. The first-order valence-corrected chi connectivity index (χ1v) is 10.4. The van der Waals surface area contributed by atoms with E-state index >= 15 is 0 Å². The summed E-state index contributed by atoms with van der Waals surface area (Å²) in [6.45, 7) is -0.621. The van der Waals surface area contributed by atoms with Crippen molar-refractivity contribution in [1.29, 1.82) is 0 Å². The molecule has 2 aromatic heterocycles. The fourth-order valence-corrected chi connectivity index (χ4v) is 3.57. The standard InChI is InChI=1S/C24H19F3N4O4/c1-35-18-9-7-15(8-10-18)13-31-22(33)21-19(6-3-11-28-21)30(23(31)34)14-20(32)29-17-5-2-4-16(12-17)24(25,26)27/h2-12H,13-14H2,1H3,(H,29,32). The summed E-state index contributed by atoms with van der Waals surface area (Å²) in [5, 5.41) is 2.37. The number of ether oxygens (including phenoxy) is 1. The lowest BCUT2D eigenvalue weighted by molar-refractivity contribution is -0.137. The van der Waals surface area contributed by atoms with E-state index < -0.39 is 35.4 Å². The second-order valence-electron chi connectivity index (χ2n) is 7.61. The van der Waals surface area contributed by atoms with Crippen LogP contribution in [0.2, 0.25) is 0 Å². The number of aromatic nitrogens is 3. The summed E-state index contributed by atoms with van der Waals surface area (Å²) >= 11 is 0. The molecule has 4 rings (SSSR count). The van der Waals surface area contributed by atoms with Gasteiger partial charge in [-0.3, -0.25) is 18.7 Å². The maximum absolute atomic E-state index is 13.2.